The third-order valence-electron chi connectivity index (χ3n) is 10.2. The quantitative estimate of drug-likeness (QED) is 0.0755. The van der Waals surface area contributed by atoms with Crippen LogP contribution in [0.2, 0.25) is 0 Å². The predicted octanol–water partition coefficient (Wildman–Crippen LogP) is 7.21. The van der Waals surface area contributed by atoms with Crippen molar-refractivity contribution in [3.8, 4) is 28.7 Å². The first-order valence-corrected chi connectivity index (χ1v) is 18.5. The minimum Gasteiger partial charge on any atom is -0.493 e. The van der Waals surface area contributed by atoms with E-state index in [9.17, 15) is 19.7 Å². The summed E-state index contributed by atoms with van der Waals surface area (Å²) < 4.78 is 27.2. The molecule has 56 heavy (non-hydrogen) atoms. The first kappa shape index (κ1) is 36.5. The highest BCUT2D eigenvalue weighted by Gasteiger charge is 2.39. The molecular formula is C42H38N5O8P. The number of anilines is 2. The Bertz CT molecular complexity index is 2590. The zero-order valence-electron chi connectivity index (χ0n) is 30.9. The third-order valence-corrected chi connectivity index (χ3v) is 10.7. The van der Waals surface area contributed by atoms with Crippen molar-refractivity contribution in [2.75, 3.05) is 30.3 Å². The minimum absolute atomic E-state index is 0.0343. The number of carbonyl (C=O) groups excluding carboxylic acids is 1. The van der Waals surface area contributed by atoms with Gasteiger partial charge in [-0.05, 0) is 74.8 Å². The fraction of sp³-hybridized carbons (Fsp3) is 0.214. The molecule has 0 saturated carbocycles. The first-order valence-electron chi connectivity index (χ1n) is 18.0. The second-order valence-electron chi connectivity index (χ2n) is 13.6. The van der Waals surface area contributed by atoms with Crippen LogP contribution in [0.3, 0.4) is 0 Å². The summed E-state index contributed by atoms with van der Waals surface area (Å²) in [5.74, 6) is 1.24. The molecule has 0 bridgehead atoms. The number of benzene rings is 5. The zero-order valence-corrected chi connectivity index (χ0v) is 32.1. The monoisotopic (exact) mass is 771 g/mol. The summed E-state index contributed by atoms with van der Waals surface area (Å²) in [6, 6.07) is 26.9. The van der Waals surface area contributed by atoms with Crippen LogP contribution in [0, 0.1) is 10.1 Å². The Hall–Kier alpha value is -6.46. The van der Waals surface area contributed by atoms with Gasteiger partial charge in [0.05, 0.1) is 53.0 Å². The van der Waals surface area contributed by atoms with Crippen molar-refractivity contribution in [1.29, 1.82) is 0 Å². The molecule has 0 aliphatic carbocycles. The van der Waals surface area contributed by atoms with E-state index in [0.717, 1.165) is 35.3 Å². The maximum absolute atomic E-state index is 14.0. The number of non-ortho nitro benzene ring substituents is 1. The lowest BCUT2D eigenvalue weighted by Crippen LogP contribution is -2.40. The Kier molecular flexibility index (Phi) is 9.78. The molecule has 13 nitrogen and oxygen atoms in total. The predicted molar refractivity (Wildman–Crippen MR) is 216 cm³/mol. The Labute approximate surface area is 324 Å². The van der Waals surface area contributed by atoms with E-state index in [1.54, 1.807) is 30.3 Å². The van der Waals surface area contributed by atoms with Crippen LogP contribution in [0.15, 0.2) is 102 Å². The standard InChI is InChI=1S/C42H38N5O8P/c1-4-27-9-5-7-11-34(27)44-24-43-33-19-39(37(52-2)17-31(33)41(44)48)54-22-25-13-26(15-29(14-25)47(50)51)23-55-40-20-36-32(18-38(40)53-3)42(49)46-30(21-45(36)56)16-28-10-6-8-12-35(28)46/h5-15,17-20,24,30H,4,16,21-23,56H2,1-3H3/t30-/m0/s1. The number of ether oxygens (including phenoxy) is 4. The highest BCUT2D eigenvalue weighted by molar-refractivity contribution is 7.19. The number of amides is 1. The van der Waals surface area contributed by atoms with E-state index in [0.29, 0.717) is 62.8 Å². The summed E-state index contributed by atoms with van der Waals surface area (Å²) in [5, 5.41) is 12.4. The number of nitrogens with zero attached hydrogens (tertiary/aromatic N) is 5. The van der Waals surface area contributed by atoms with Crippen LogP contribution in [0.4, 0.5) is 17.1 Å². The number of carbonyl (C=O) groups is 1. The van der Waals surface area contributed by atoms with Crippen LogP contribution < -0.4 is 34.1 Å². The van der Waals surface area contributed by atoms with Crippen LogP contribution >= 0.6 is 9.39 Å². The number of nitro groups is 1. The molecule has 5 aromatic carbocycles. The number of aromatic nitrogens is 2. The first-order chi connectivity index (χ1) is 27.2. The van der Waals surface area contributed by atoms with Crippen molar-refractivity contribution < 1.29 is 28.7 Å². The molecule has 0 spiro atoms. The van der Waals surface area contributed by atoms with E-state index in [2.05, 4.69) is 20.4 Å². The topological polar surface area (TPSA) is 139 Å². The fourth-order valence-electron chi connectivity index (χ4n) is 7.52. The summed E-state index contributed by atoms with van der Waals surface area (Å²) >= 11 is 0. The molecule has 284 valence electrons. The average molecular weight is 772 g/mol. The number of hydrogen-bond acceptors (Lipinski definition) is 10. The lowest BCUT2D eigenvalue weighted by Gasteiger charge is -2.24. The molecule has 2 atom stereocenters. The zero-order chi connectivity index (χ0) is 39.1. The molecule has 2 aliphatic heterocycles. The van der Waals surface area contributed by atoms with Gasteiger partial charge in [0.15, 0.2) is 23.0 Å². The normalized spacial score (nSPS) is 14.5. The molecule has 1 aromatic heterocycles. The molecule has 0 saturated heterocycles. The largest absolute Gasteiger partial charge is 0.493 e. The molecule has 14 heteroatoms. The summed E-state index contributed by atoms with van der Waals surface area (Å²) in [4.78, 5) is 45.6. The number of aryl methyl sites for hydroxylation is 1. The van der Waals surface area contributed by atoms with E-state index in [-0.39, 0.29) is 36.4 Å². The molecule has 0 N–H and O–H groups in total. The van der Waals surface area contributed by atoms with Crippen molar-refractivity contribution in [3.05, 3.63) is 146 Å². The van der Waals surface area contributed by atoms with E-state index in [1.807, 2.05) is 59.0 Å². The molecule has 0 radical (unpaired) electrons. The van der Waals surface area contributed by atoms with Crippen LogP contribution in [0.25, 0.3) is 16.6 Å². The van der Waals surface area contributed by atoms with Gasteiger partial charge in [0.2, 0.25) is 0 Å². The number of rotatable bonds is 11. The third kappa shape index (κ3) is 6.64. The molecule has 6 aromatic rings. The summed E-state index contributed by atoms with van der Waals surface area (Å²) in [6.45, 7) is 2.53. The van der Waals surface area contributed by atoms with Gasteiger partial charge in [-0.25, -0.2) is 4.98 Å². The van der Waals surface area contributed by atoms with Crippen molar-refractivity contribution in [3.63, 3.8) is 0 Å². The van der Waals surface area contributed by atoms with Crippen LogP contribution in [0.5, 0.6) is 23.0 Å². The maximum atomic E-state index is 14.0. The van der Waals surface area contributed by atoms with E-state index < -0.39 is 4.92 Å². The van der Waals surface area contributed by atoms with E-state index >= 15 is 0 Å². The summed E-state index contributed by atoms with van der Waals surface area (Å²) in [5.41, 5.74) is 6.01. The van der Waals surface area contributed by atoms with E-state index in [1.165, 1.54) is 37.2 Å². The smallest absolute Gasteiger partial charge is 0.270 e. The van der Waals surface area contributed by atoms with Gasteiger partial charge >= 0.3 is 0 Å². The number of fused-ring (bicyclic) bond motifs is 5. The number of methoxy groups -OCH3 is 2. The van der Waals surface area contributed by atoms with Gasteiger partial charge in [-0.15, -0.1) is 0 Å². The van der Waals surface area contributed by atoms with Crippen molar-refractivity contribution in [1.82, 2.24) is 9.55 Å². The summed E-state index contributed by atoms with van der Waals surface area (Å²) in [6.07, 6.45) is 3.00. The lowest BCUT2D eigenvalue weighted by atomic mass is 10.1. The van der Waals surface area contributed by atoms with Gasteiger partial charge in [-0.3, -0.25) is 24.3 Å². The van der Waals surface area contributed by atoms with Gasteiger partial charge in [0.1, 0.15) is 19.5 Å². The number of nitro benzene ring substituents is 1. The van der Waals surface area contributed by atoms with Gasteiger partial charge in [0, 0.05) is 36.5 Å². The SMILES string of the molecule is CCc1ccccc1-n1cnc2cc(OCc3cc(COc4cc5c(cc4OC)C(=O)N4c6ccccc6C[C@H]4CN5P)cc([N+](=O)[O-])c3)c(OC)cc2c1=O. The van der Waals surface area contributed by atoms with Crippen LogP contribution in [0.1, 0.15) is 39.5 Å². The van der Waals surface area contributed by atoms with Gasteiger partial charge < -0.3 is 28.5 Å². The number of hydrogen-bond donors (Lipinski definition) is 0. The molecule has 1 amide bonds. The maximum Gasteiger partial charge on any atom is 0.270 e. The van der Waals surface area contributed by atoms with E-state index in [4.69, 9.17) is 18.9 Å². The highest BCUT2D eigenvalue weighted by Crippen LogP contribution is 2.43. The molecule has 1 unspecified atom stereocenters. The molecule has 8 rings (SSSR count). The van der Waals surface area contributed by atoms with Crippen molar-refractivity contribution in [2.45, 2.75) is 39.0 Å². The Morgan fingerprint density at radius 1 is 0.821 bits per heavy atom. The second-order valence-corrected chi connectivity index (χ2v) is 14.2. The van der Waals surface area contributed by atoms with Gasteiger partial charge in [-0.2, -0.15) is 0 Å². The molecular weight excluding hydrogens is 733 g/mol. The van der Waals surface area contributed by atoms with Crippen molar-refractivity contribution in [2.24, 2.45) is 0 Å². The number of para-hydroxylation sites is 2. The van der Waals surface area contributed by atoms with Gasteiger partial charge in [-0.1, -0.05) is 43.3 Å². The van der Waals surface area contributed by atoms with Gasteiger partial charge in [0.25, 0.3) is 17.2 Å². The summed E-state index contributed by atoms with van der Waals surface area (Å²) in [7, 11) is 5.70. The Morgan fingerprint density at radius 2 is 1.48 bits per heavy atom. The molecule has 3 heterocycles. The molecule has 0 fully saturated rings. The van der Waals surface area contributed by atoms with Crippen LogP contribution in [-0.4, -0.2) is 47.2 Å². The van der Waals surface area contributed by atoms with Crippen LogP contribution in [-0.2, 0) is 26.1 Å². The average Bonchev–Trinajstić information content (AvgIpc) is 3.54. The molecule has 2 aliphatic rings. The minimum atomic E-state index is -0.472. The Morgan fingerprint density at radius 3 is 2.18 bits per heavy atom. The highest BCUT2D eigenvalue weighted by atomic mass is 31.0. The van der Waals surface area contributed by atoms with Crippen molar-refractivity contribution >= 4 is 43.3 Å². The second kappa shape index (κ2) is 15.0. The Balaban J connectivity index is 1.04. The lowest BCUT2D eigenvalue weighted by molar-refractivity contribution is -0.385. The fourth-order valence-corrected chi connectivity index (χ4v) is 7.98.